The molecule has 1 atom stereocenters. The Kier molecular flexibility index (Phi) is 13.7. The van der Waals surface area contributed by atoms with Gasteiger partial charge in [0.25, 0.3) is 0 Å². The number of pyridine rings is 2. The Balaban J connectivity index is 0.00000165. The third kappa shape index (κ3) is 9.26. The molecule has 0 aliphatic rings. The molecule has 0 radical (unpaired) electrons. The van der Waals surface area contributed by atoms with Gasteiger partial charge in [0.1, 0.15) is 5.82 Å². The Hall–Kier alpha value is -2.79. The van der Waals surface area contributed by atoms with Crippen molar-refractivity contribution in [2.45, 2.75) is 74.3 Å². The summed E-state index contributed by atoms with van der Waals surface area (Å²) < 4.78 is 0. The smallest absolute Gasteiger partial charge is 0.222 e. The summed E-state index contributed by atoms with van der Waals surface area (Å²) in [5.41, 5.74) is 3.47. The lowest BCUT2D eigenvalue weighted by Crippen LogP contribution is -2.07. The predicted octanol–water partition coefficient (Wildman–Crippen LogP) is 6.71. The summed E-state index contributed by atoms with van der Waals surface area (Å²) in [4.78, 5) is 20.0. The lowest BCUT2D eigenvalue weighted by atomic mass is 9.98. The predicted molar refractivity (Wildman–Crippen MR) is 134 cm³/mol. The van der Waals surface area contributed by atoms with E-state index in [0.29, 0.717) is 17.8 Å². The minimum atomic E-state index is -0.538. The van der Waals surface area contributed by atoms with Gasteiger partial charge in [-0.25, -0.2) is 4.98 Å². The number of amides is 1. The Labute approximate surface area is 188 Å². The molecule has 2 aromatic heterocycles. The van der Waals surface area contributed by atoms with Crippen molar-refractivity contribution in [1.82, 2.24) is 9.97 Å². The number of carbonyl (C=O) groups excluding carboxylic acids is 1. The Morgan fingerprint density at radius 2 is 1.68 bits per heavy atom. The van der Waals surface area contributed by atoms with Gasteiger partial charge in [-0.2, -0.15) is 0 Å². The SMILES string of the molecule is C=C(/C=C(C)\C(=C/C)c1cc2cnc(NC(C)=O)cc2cn1)C(O)CC.CC.CCC. The number of hydrogen-bond acceptors (Lipinski definition) is 4. The highest BCUT2D eigenvalue weighted by atomic mass is 16.3. The minimum Gasteiger partial charge on any atom is -0.388 e. The van der Waals surface area contributed by atoms with Crippen LogP contribution in [0.4, 0.5) is 5.82 Å². The van der Waals surface area contributed by atoms with E-state index in [-0.39, 0.29) is 5.91 Å². The number of carbonyl (C=O) groups is 1. The number of nitrogens with zero attached hydrogens (tertiary/aromatic N) is 2. The van der Waals surface area contributed by atoms with E-state index in [0.717, 1.165) is 27.6 Å². The third-order valence-electron chi connectivity index (χ3n) is 4.11. The molecule has 0 aromatic carbocycles. The van der Waals surface area contributed by atoms with E-state index < -0.39 is 6.10 Å². The molecule has 0 bridgehead atoms. The normalized spacial score (nSPS) is 12.2. The quantitative estimate of drug-likeness (QED) is 0.504. The zero-order chi connectivity index (χ0) is 24.0. The molecule has 0 fully saturated rings. The average Bonchev–Trinajstić information content (AvgIpc) is 2.75. The van der Waals surface area contributed by atoms with Gasteiger partial charge in [0, 0.05) is 30.1 Å². The Bertz CT molecular complexity index is 914. The number of aliphatic hydroxyl groups is 1. The third-order valence-corrected chi connectivity index (χ3v) is 4.11. The summed E-state index contributed by atoms with van der Waals surface area (Å²) >= 11 is 0. The van der Waals surface area contributed by atoms with Crippen LogP contribution in [0.2, 0.25) is 0 Å². The number of nitrogens with one attached hydrogen (secondary N) is 1. The summed E-state index contributed by atoms with van der Waals surface area (Å²) in [6, 6.07) is 3.76. The van der Waals surface area contributed by atoms with Crippen molar-refractivity contribution in [2.24, 2.45) is 0 Å². The number of anilines is 1. The number of rotatable bonds is 6. The highest BCUT2D eigenvalue weighted by Gasteiger charge is 2.10. The van der Waals surface area contributed by atoms with Crippen LogP contribution in [0.25, 0.3) is 16.3 Å². The van der Waals surface area contributed by atoms with Crippen LogP contribution in [-0.4, -0.2) is 27.1 Å². The first-order valence-electron chi connectivity index (χ1n) is 11.0. The molecule has 31 heavy (non-hydrogen) atoms. The molecule has 5 heteroatoms. The maximum Gasteiger partial charge on any atom is 0.222 e. The zero-order valence-corrected chi connectivity index (χ0v) is 20.4. The maximum atomic E-state index is 11.2. The van der Waals surface area contributed by atoms with Crippen LogP contribution in [-0.2, 0) is 4.79 Å². The Morgan fingerprint density at radius 3 is 2.19 bits per heavy atom. The maximum absolute atomic E-state index is 11.2. The van der Waals surface area contributed by atoms with Crippen LogP contribution in [0, 0.1) is 0 Å². The number of allylic oxidation sites excluding steroid dienone is 3. The van der Waals surface area contributed by atoms with Gasteiger partial charge in [0.15, 0.2) is 0 Å². The summed E-state index contributed by atoms with van der Waals surface area (Å²) in [6.45, 7) is 19.5. The van der Waals surface area contributed by atoms with E-state index in [1.54, 1.807) is 18.5 Å². The second kappa shape index (κ2) is 15.1. The molecule has 1 amide bonds. The van der Waals surface area contributed by atoms with Crippen molar-refractivity contribution in [3.05, 3.63) is 60.1 Å². The van der Waals surface area contributed by atoms with E-state index in [4.69, 9.17) is 0 Å². The van der Waals surface area contributed by atoms with Gasteiger partial charge >= 0.3 is 0 Å². The van der Waals surface area contributed by atoms with Crippen LogP contribution in [0.15, 0.2) is 54.4 Å². The van der Waals surface area contributed by atoms with Crippen molar-refractivity contribution in [2.75, 3.05) is 5.32 Å². The first-order valence-corrected chi connectivity index (χ1v) is 11.0. The van der Waals surface area contributed by atoms with E-state index in [1.807, 2.05) is 52.8 Å². The van der Waals surface area contributed by atoms with Crippen molar-refractivity contribution in [1.29, 1.82) is 0 Å². The molecule has 0 saturated carbocycles. The molecule has 0 aliphatic heterocycles. The van der Waals surface area contributed by atoms with E-state index in [1.165, 1.54) is 13.3 Å². The van der Waals surface area contributed by atoms with Gasteiger partial charge < -0.3 is 10.4 Å². The van der Waals surface area contributed by atoms with Gasteiger partial charge in [-0.3, -0.25) is 9.78 Å². The second-order valence-electron chi connectivity index (χ2n) is 6.90. The molecule has 2 N–H and O–H groups in total. The van der Waals surface area contributed by atoms with Crippen molar-refractivity contribution in [3.63, 3.8) is 0 Å². The molecular weight excluding hydrogens is 386 g/mol. The molecular formula is C26H39N3O2. The van der Waals surface area contributed by atoms with E-state index in [2.05, 4.69) is 35.7 Å². The summed E-state index contributed by atoms with van der Waals surface area (Å²) in [7, 11) is 0. The fourth-order valence-electron chi connectivity index (χ4n) is 2.73. The standard InChI is InChI=1S/C21H25N3O2.C3H8.C2H6/c1-6-18(13(3)8-14(4)20(26)7-2)19-9-16-12-23-21(24-15(5)25)10-17(16)11-22-19;1-3-2;1-2/h6,8-12,20,26H,4,7H2,1-3,5H3,(H,23,24,25);3H2,1-2H3;1-2H3/b13-8-,18-6+;;. The molecule has 1 unspecified atom stereocenters. The van der Waals surface area contributed by atoms with Crippen LogP contribution in [0.5, 0.6) is 0 Å². The highest BCUT2D eigenvalue weighted by Crippen LogP contribution is 2.26. The van der Waals surface area contributed by atoms with Gasteiger partial charge in [-0.1, -0.05) is 59.8 Å². The molecule has 2 heterocycles. The number of aliphatic hydroxyl groups excluding tert-OH is 1. The van der Waals surface area contributed by atoms with Crippen LogP contribution in [0.1, 0.15) is 73.9 Å². The van der Waals surface area contributed by atoms with Crippen molar-refractivity contribution < 1.29 is 9.90 Å². The monoisotopic (exact) mass is 425 g/mol. The lowest BCUT2D eigenvalue weighted by Gasteiger charge is -2.12. The van der Waals surface area contributed by atoms with E-state index in [9.17, 15) is 9.90 Å². The first kappa shape index (κ1) is 28.2. The van der Waals surface area contributed by atoms with Gasteiger partial charge in [-0.05, 0) is 49.1 Å². The van der Waals surface area contributed by atoms with Gasteiger partial charge in [0.05, 0.1) is 11.8 Å². The van der Waals surface area contributed by atoms with Crippen molar-refractivity contribution >= 4 is 28.1 Å². The van der Waals surface area contributed by atoms with Crippen LogP contribution >= 0.6 is 0 Å². The summed E-state index contributed by atoms with van der Waals surface area (Å²) in [6.07, 6.45) is 8.72. The fraction of sp³-hybridized carbons (Fsp3) is 0.423. The number of hydrogen-bond donors (Lipinski definition) is 2. The zero-order valence-electron chi connectivity index (χ0n) is 20.4. The van der Waals surface area contributed by atoms with Crippen LogP contribution < -0.4 is 5.32 Å². The molecule has 0 saturated heterocycles. The fourth-order valence-corrected chi connectivity index (χ4v) is 2.73. The molecule has 0 aliphatic carbocycles. The van der Waals surface area contributed by atoms with Crippen molar-refractivity contribution in [3.8, 4) is 0 Å². The Morgan fingerprint density at radius 1 is 1.13 bits per heavy atom. The lowest BCUT2D eigenvalue weighted by molar-refractivity contribution is -0.114. The minimum absolute atomic E-state index is 0.159. The largest absolute Gasteiger partial charge is 0.388 e. The number of aromatic nitrogens is 2. The average molecular weight is 426 g/mol. The topological polar surface area (TPSA) is 75.1 Å². The first-order chi connectivity index (χ1) is 14.8. The molecule has 0 spiro atoms. The molecule has 170 valence electrons. The summed E-state index contributed by atoms with van der Waals surface area (Å²) in [5, 5.41) is 14.4. The van der Waals surface area contributed by atoms with Crippen LogP contribution in [0.3, 0.4) is 0 Å². The van der Waals surface area contributed by atoms with Gasteiger partial charge in [0.2, 0.25) is 5.91 Å². The van der Waals surface area contributed by atoms with E-state index >= 15 is 0 Å². The summed E-state index contributed by atoms with van der Waals surface area (Å²) in [5.74, 6) is 0.347. The molecule has 5 nitrogen and oxygen atoms in total. The molecule has 2 aromatic rings. The highest BCUT2D eigenvalue weighted by molar-refractivity contribution is 5.92. The molecule has 2 rings (SSSR count). The number of fused-ring (bicyclic) bond motifs is 1. The van der Waals surface area contributed by atoms with Gasteiger partial charge in [-0.15, -0.1) is 0 Å². The second-order valence-corrected chi connectivity index (χ2v) is 6.90.